The normalized spacial score (nSPS) is 13.2. The Hall–Kier alpha value is -1.20. The minimum atomic E-state index is -1.03. The predicted molar refractivity (Wildman–Crippen MR) is 81.7 cm³/mol. The van der Waals surface area contributed by atoms with Gasteiger partial charge in [-0.2, -0.15) is 0 Å². The zero-order valence-electron chi connectivity index (χ0n) is 11.1. The maximum atomic E-state index is 13.5. The number of benzene rings is 1. The topological polar surface area (TPSA) is 37.3 Å². The monoisotopic (exact) mass is 356 g/mol. The fourth-order valence-corrected chi connectivity index (χ4v) is 3.97. The van der Waals surface area contributed by atoms with Crippen LogP contribution in [0, 0.1) is 11.2 Å². The van der Waals surface area contributed by atoms with Gasteiger partial charge in [-0.15, -0.1) is 11.3 Å². The van der Waals surface area contributed by atoms with Crippen molar-refractivity contribution in [3.8, 4) is 0 Å². The van der Waals surface area contributed by atoms with Crippen LogP contribution in [-0.2, 0) is 4.79 Å². The van der Waals surface area contributed by atoms with Crippen LogP contribution in [-0.4, -0.2) is 11.1 Å². The molecule has 0 aliphatic rings. The summed E-state index contributed by atoms with van der Waals surface area (Å²) in [5, 5.41) is 9.51. The molecule has 2 rings (SSSR count). The fourth-order valence-electron chi connectivity index (χ4n) is 2.23. The van der Waals surface area contributed by atoms with Gasteiger partial charge in [-0.1, -0.05) is 12.1 Å². The number of carboxylic acid groups (broad SMARTS) is 1. The van der Waals surface area contributed by atoms with E-state index in [-0.39, 0.29) is 5.82 Å². The van der Waals surface area contributed by atoms with Crippen LogP contribution < -0.4 is 0 Å². The first-order chi connectivity index (χ1) is 9.32. The van der Waals surface area contributed by atoms with Gasteiger partial charge < -0.3 is 5.11 Å². The standard InChI is InChI=1S/C15H14BrFO2S/c1-15(2,14(18)19)13(11-6-7-12(16)20-11)9-4-3-5-10(17)8-9/h3-8,13H,1-2H3,(H,18,19)/t13-/m1/s1. The molecule has 2 aromatic rings. The maximum Gasteiger partial charge on any atom is 0.310 e. The Morgan fingerprint density at radius 2 is 2.05 bits per heavy atom. The van der Waals surface area contributed by atoms with E-state index in [1.165, 1.54) is 23.5 Å². The summed E-state index contributed by atoms with van der Waals surface area (Å²) in [5.74, 6) is -1.66. The van der Waals surface area contributed by atoms with E-state index < -0.39 is 17.3 Å². The molecule has 0 aliphatic heterocycles. The van der Waals surface area contributed by atoms with Crippen molar-refractivity contribution in [1.29, 1.82) is 0 Å². The number of hydrogen-bond acceptors (Lipinski definition) is 2. The van der Waals surface area contributed by atoms with E-state index in [0.717, 1.165) is 8.66 Å². The summed E-state index contributed by atoms with van der Waals surface area (Å²) in [6, 6.07) is 9.91. The number of hydrogen-bond donors (Lipinski definition) is 1. The third-order valence-corrected chi connectivity index (χ3v) is 5.02. The van der Waals surface area contributed by atoms with Gasteiger partial charge in [-0.25, -0.2) is 4.39 Å². The first kappa shape index (κ1) is 15.2. The molecule has 0 spiro atoms. The van der Waals surface area contributed by atoms with Crippen LogP contribution in [0.25, 0.3) is 0 Å². The molecule has 0 unspecified atom stereocenters. The number of rotatable bonds is 4. The molecule has 1 aromatic heterocycles. The van der Waals surface area contributed by atoms with Gasteiger partial charge in [0.2, 0.25) is 0 Å². The van der Waals surface area contributed by atoms with E-state index in [1.807, 2.05) is 12.1 Å². The van der Waals surface area contributed by atoms with Crippen molar-refractivity contribution >= 4 is 33.2 Å². The summed E-state index contributed by atoms with van der Waals surface area (Å²) < 4.78 is 14.4. The summed E-state index contributed by atoms with van der Waals surface area (Å²) in [5.41, 5.74) is -0.357. The number of halogens is 2. The van der Waals surface area contributed by atoms with E-state index in [1.54, 1.807) is 26.0 Å². The Bertz CT molecular complexity index is 636. The van der Waals surface area contributed by atoms with Gasteiger partial charge in [0, 0.05) is 10.8 Å². The molecule has 1 heterocycles. The summed E-state index contributed by atoms with van der Waals surface area (Å²) in [4.78, 5) is 12.5. The van der Waals surface area contributed by atoms with Crippen LogP contribution in [0.1, 0.15) is 30.2 Å². The van der Waals surface area contributed by atoms with Gasteiger partial charge in [0.15, 0.2) is 0 Å². The zero-order valence-corrected chi connectivity index (χ0v) is 13.5. The molecule has 0 radical (unpaired) electrons. The van der Waals surface area contributed by atoms with Gasteiger partial charge >= 0.3 is 5.97 Å². The molecule has 0 saturated heterocycles. The Morgan fingerprint density at radius 1 is 1.35 bits per heavy atom. The maximum absolute atomic E-state index is 13.5. The van der Waals surface area contributed by atoms with Gasteiger partial charge in [0.05, 0.1) is 9.20 Å². The molecule has 1 N–H and O–H groups in total. The second-order valence-electron chi connectivity index (χ2n) is 5.16. The molecular formula is C15H14BrFO2S. The van der Waals surface area contributed by atoms with Crippen LogP contribution in [0.5, 0.6) is 0 Å². The smallest absolute Gasteiger partial charge is 0.310 e. The second-order valence-corrected chi connectivity index (χ2v) is 7.65. The Balaban J connectivity index is 2.58. The molecule has 20 heavy (non-hydrogen) atoms. The first-order valence-corrected chi connectivity index (χ1v) is 7.67. The lowest BCUT2D eigenvalue weighted by Crippen LogP contribution is -2.31. The molecule has 5 heteroatoms. The number of thiophene rings is 1. The van der Waals surface area contributed by atoms with Crippen LogP contribution in [0.2, 0.25) is 0 Å². The average molecular weight is 357 g/mol. The highest BCUT2D eigenvalue weighted by Gasteiger charge is 2.39. The molecule has 1 atom stereocenters. The molecule has 2 nitrogen and oxygen atoms in total. The van der Waals surface area contributed by atoms with Crippen LogP contribution >= 0.6 is 27.3 Å². The molecule has 0 fully saturated rings. The van der Waals surface area contributed by atoms with Gasteiger partial charge in [-0.05, 0) is 59.6 Å². The largest absolute Gasteiger partial charge is 0.481 e. The summed E-state index contributed by atoms with van der Waals surface area (Å²) in [6.45, 7) is 3.33. The number of carboxylic acids is 1. The lowest BCUT2D eigenvalue weighted by atomic mass is 9.74. The van der Waals surface area contributed by atoms with Crippen LogP contribution in [0.3, 0.4) is 0 Å². The predicted octanol–water partition coefficient (Wildman–Crippen LogP) is 4.89. The van der Waals surface area contributed by atoms with Crippen molar-refractivity contribution < 1.29 is 14.3 Å². The molecule has 106 valence electrons. The zero-order chi connectivity index (χ0) is 14.9. The van der Waals surface area contributed by atoms with E-state index in [0.29, 0.717) is 5.56 Å². The number of carbonyl (C=O) groups is 1. The average Bonchev–Trinajstić information content (AvgIpc) is 2.75. The Labute approximate surface area is 129 Å². The van der Waals surface area contributed by atoms with E-state index in [2.05, 4.69) is 15.9 Å². The molecular weight excluding hydrogens is 343 g/mol. The van der Waals surface area contributed by atoms with Crippen molar-refractivity contribution in [2.45, 2.75) is 19.8 Å². The highest BCUT2D eigenvalue weighted by Crippen LogP contribution is 2.44. The molecule has 0 saturated carbocycles. The van der Waals surface area contributed by atoms with Crippen molar-refractivity contribution in [2.24, 2.45) is 5.41 Å². The van der Waals surface area contributed by atoms with Crippen molar-refractivity contribution in [3.05, 3.63) is 56.4 Å². The minimum absolute atomic E-state index is 0.357. The highest BCUT2D eigenvalue weighted by molar-refractivity contribution is 9.11. The van der Waals surface area contributed by atoms with Crippen LogP contribution in [0.15, 0.2) is 40.2 Å². The quantitative estimate of drug-likeness (QED) is 0.846. The Kier molecular flexibility index (Phi) is 4.30. The van der Waals surface area contributed by atoms with Crippen molar-refractivity contribution in [1.82, 2.24) is 0 Å². The highest BCUT2D eigenvalue weighted by atomic mass is 79.9. The third-order valence-electron chi connectivity index (χ3n) is 3.33. The molecule has 0 bridgehead atoms. The summed E-state index contributed by atoms with van der Waals surface area (Å²) in [7, 11) is 0. The second kappa shape index (κ2) is 5.66. The van der Waals surface area contributed by atoms with Crippen molar-refractivity contribution in [3.63, 3.8) is 0 Å². The first-order valence-electron chi connectivity index (χ1n) is 6.06. The van der Waals surface area contributed by atoms with Gasteiger partial charge in [0.25, 0.3) is 0 Å². The molecule has 0 amide bonds. The van der Waals surface area contributed by atoms with E-state index in [9.17, 15) is 14.3 Å². The van der Waals surface area contributed by atoms with E-state index >= 15 is 0 Å². The minimum Gasteiger partial charge on any atom is -0.481 e. The van der Waals surface area contributed by atoms with Gasteiger partial charge in [0.1, 0.15) is 5.82 Å². The summed E-state index contributed by atoms with van der Waals surface area (Å²) >= 11 is 4.86. The molecule has 1 aromatic carbocycles. The van der Waals surface area contributed by atoms with Crippen LogP contribution in [0.4, 0.5) is 4.39 Å². The molecule has 0 aliphatic carbocycles. The van der Waals surface area contributed by atoms with Crippen molar-refractivity contribution in [2.75, 3.05) is 0 Å². The SMILES string of the molecule is CC(C)(C(=O)O)[C@H](c1cccc(F)c1)c1ccc(Br)s1. The summed E-state index contributed by atoms with van der Waals surface area (Å²) in [6.07, 6.45) is 0. The van der Waals surface area contributed by atoms with E-state index in [4.69, 9.17) is 0 Å². The Morgan fingerprint density at radius 3 is 2.55 bits per heavy atom. The lowest BCUT2D eigenvalue weighted by Gasteiger charge is -2.30. The third kappa shape index (κ3) is 2.94. The van der Waals surface area contributed by atoms with Gasteiger partial charge in [-0.3, -0.25) is 4.79 Å². The number of aliphatic carboxylic acids is 1. The fraction of sp³-hybridized carbons (Fsp3) is 0.267. The lowest BCUT2D eigenvalue weighted by molar-refractivity contribution is -0.147.